The average molecular weight is 843 g/mol. The normalized spacial score (nSPS) is 13.9. The molecule has 0 saturated carbocycles. The van der Waals surface area contributed by atoms with Gasteiger partial charge in [0.05, 0.1) is 17.1 Å². The quantitative estimate of drug-likeness (QED) is 0.148. The Labute approximate surface area is 384 Å². The molecule has 10 aromatic carbocycles. The lowest BCUT2D eigenvalue weighted by molar-refractivity contribution is 0.648. The van der Waals surface area contributed by atoms with E-state index in [0.717, 1.165) is 6.42 Å². The third kappa shape index (κ3) is 6.10. The molecule has 2 heterocycles. The van der Waals surface area contributed by atoms with Crippen LogP contribution in [0.2, 0.25) is 0 Å². The van der Waals surface area contributed by atoms with E-state index in [2.05, 4.69) is 247 Å². The van der Waals surface area contributed by atoms with Crippen molar-refractivity contribution < 1.29 is 0 Å². The molecular formula is C64H46N2. The Morgan fingerprint density at radius 3 is 1.41 bits per heavy atom. The minimum atomic E-state index is 0.312. The van der Waals surface area contributed by atoms with Crippen molar-refractivity contribution in [3.8, 4) is 50.2 Å². The van der Waals surface area contributed by atoms with Crippen molar-refractivity contribution in [3.05, 3.63) is 236 Å². The Kier molecular flexibility index (Phi) is 8.83. The van der Waals surface area contributed by atoms with E-state index in [1.165, 1.54) is 126 Å². The molecule has 312 valence electrons. The standard InChI is InChI=1S/C64H46N2/c1-41-21-33-53-57(37-41)63(45-27-23-43(24-28-45)47-31-35-61-55(39-47)51-17-9-11-19-59(51)65(61)49-13-5-3-6-14-49)54-34-22-42(2)38-58(54)64(53)46-29-25-44(26-30-46)48-32-36-62-56(40-48)52-18-10-12-20-60(52)66(62)50-15-7-4-8-16-50/h3-15,17-40,50H,16H2,1-2H3. The van der Waals surface area contributed by atoms with Gasteiger partial charge in [-0.25, -0.2) is 0 Å². The maximum absolute atomic E-state index is 2.52. The van der Waals surface area contributed by atoms with Crippen molar-refractivity contribution >= 4 is 65.2 Å². The van der Waals surface area contributed by atoms with Crippen molar-refractivity contribution in [1.29, 1.82) is 0 Å². The van der Waals surface area contributed by atoms with Crippen LogP contribution >= 0.6 is 0 Å². The number of allylic oxidation sites excluding steroid dienone is 4. The van der Waals surface area contributed by atoms with Gasteiger partial charge in [-0.1, -0.05) is 187 Å². The van der Waals surface area contributed by atoms with Crippen molar-refractivity contribution in [3.63, 3.8) is 0 Å². The molecule has 0 saturated heterocycles. The van der Waals surface area contributed by atoms with Gasteiger partial charge in [-0.15, -0.1) is 0 Å². The number of hydrogen-bond acceptors (Lipinski definition) is 0. The zero-order valence-electron chi connectivity index (χ0n) is 37.0. The Hall–Kier alpha value is -8.20. The van der Waals surface area contributed by atoms with Crippen LogP contribution in [0.25, 0.3) is 115 Å². The van der Waals surface area contributed by atoms with Gasteiger partial charge in [0, 0.05) is 38.3 Å². The molecule has 2 aromatic heterocycles. The zero-order valence-corrected chi connectivity index (χ0v) is 37.0. The summed E-state index contributed by atoms with van der Waals surface area (Å²) in [7, 11) is 0. The number of aromatic nitrogens is 2. The van der Waals surface area contributed by atoms with Crippen LogP contribution in [-0.2, 0) is 0 Å². The lowest BCUT2D eigenvalue weighted by Crippen LogP contribution is -2.06. The van der Waals surface area contributed by atoms with E-state index in [1.807, 2.05) is 0 Å². The van der Waals surface area contributed by atoms with E-state index < -0.39 is 0 Å². The maximum atomic E-state index is 2.52. The summed E-state index contributed by atoms with van der Waals surface area (Å²) in [6.07, 6.45) is 9.94. The van der Waals surface area contributed by atoms with E-state index in [4.69, 9.17) is 0 Å². The molecule has 13 rings (SSSR count). The summed E-state index contributed by atoms with van der Waals surface area (Å²) < 4.78 is 4.90. The average Bonchev–Trinajstić information content (AvgIpc) is 3.88. The molecule has 0 radical (unpaired) electrons. The first-order chi connectivity index (χ1) is 32.6. The highest BCUT2D eigenvalue weighted by molar-refractivity contribution is 6.22. The number of rotatable bonds is 6. The van der Waals surface area contributed by atoms with Crippen LogP contribution in [0.5, 0.6) is 0 Å². The Morgan fingerprint density at radius 2 is 0.818 bits per heavy atom. The second-order valence-electron chi connectivity index (χ2n) is 18.2. The van der Waals surface area contributed by atoms with Crippen LogP contribution < -0.4 is 0 Å². The highest BCUT2D eigenvalue weighted by Gasteiger charge is 2.20. The first-order valence-electron chi connectivity index (χ1n) is 23.2. The molecule has 0 bridgehead atoms. The lowest BCUT2D eigenvalue weighted by Gasteiger charge is -2.19. The molecule has 2 heteroatoms. The molecule has 1 aliphatic rings. The Bertz CT molecular complexity index is 3950. The van der Waals surface area contributed by atoms with E-state index in [9.17, 15) is 0 Å². The smallest absolute Gasteiger partial charge is 0.0560 e. The van der Waals surface area contributed by atoms with E-state index >= 15 is 0 Å². The van der Waals surface area contributed by atoms with Crippen molar-refractivity contribution in [2.24, 2.45) is 0 Å². The molecule has 0 spiro atoms. The summed E-state index contributed by atoms with van der Waals surface area (Å²) >= 11 is 0. The molecule has 0 N–H and O–H groups in total. The topological polar surface area (TPSA) is 9.86 Å². The fourth-order valence-corrected chi connectivity index (χ4v) is 11.0. The molecule has 0 amide bonds. The van der Waals surface area contributed by atoms with Crippen LogP contribution in [0.3, 0.4) is 0 Å². The number of benzene rings is 10. The van der Waals surface area contributed by atoms with Crippen LogP contribution in [-0.4, -0.2) is 9.13 Å². The van der Waals surface area contributed by atoms with Crippen LogP contribution in [0.4, 0.5) is 0 Å². The van der Waals surface area contributed by atoms with Crippen LogP contribution in [0, 0.1) is 13.8 Å². The molecule has 1 unspecified atom stereocenters. The van der Waals surface area contributed by atoms with Crippen molar-refractivity contribution in [2.45, 2.75) is 26.3 Å². The van der Waals surface area contributed by atoms with Gasteiger partial charge in [0.2, 0.25) is 0 Å². The summed E-state index contributed by atoms with van der Waals surface area (Å²) in [6, 6.07) is 75.1. The zero-order chi connectivity index (χ0) is 43.9. The molecule has 66 heavy (non-hydrogen) atoms. The number of aryl methyl sites for hydroxylation is 2. The number of nitrogens with zero attached hydrogens (tertiary/aromatic N) is 2. The van der Waals surface area contributed by atoms with Crippen LogP contribution in [0.15, 0.2) is 224 Å². The summed E-state index contributed by atoms with van der Waals surface area (Å²) in [6.45, 7) is 4.42. The summed E-state index contributed by atoms with van der Waals surface area (Å²) in [5.41, 5.74) is 18.6. The molecular weight excluding hydrogens is 797 g/mol. The second kappa shape index (κ2) is 15.2. The molecule has 1 atom stereocenters. The lowest BCUT2D eigenvalue weighted by atomic mass is 9.84. The third-order valence-corrected chi connectivity index (χ3v) is 14.1. The highest BCUT2D eigenvalue weighted by Crippen LogP contribution is 2.46. The number of para-hydroxylation sites is 3. The van der Waals surface area contributed by atoms with Gasteiger partial charge in [0.1, 0.15) is 0 Å². The van der Waals surface area contributed by atoms with Crippen LogP contribution in [0.1, 0.15) is 23.6 Å². The maximum Gasteiger partial charge on any atom is 0.0560 e. The van der Waals surface area contributed by atoms with Gasteiger partial charge in [0.25, 0.3) is 0 Å². The minimum Gasteiger partial charge on any atom is -0.333 e. The first-order valence-corrected chi connectivity index (χ1v) is 23.2. The third-order valence-electron chi connectivity index (χ3n) is 14.1. The van der Waals surface area contributed by atoms with Gasteiger partial charge in [0.15, 0.2) is 0 Å². The summed E-state index contributed by atoms with van der Waals surface area (Å²) in [5, 5.41) is 10.2. The van der Waals surface area contributed by atoms with Gasteiger partial charge < -0.3 is 9.13 Å². The monoisotopic (exact) mass is 842 g/mol. The summed E-state index contributed by atoms with van der Waals surface area (Å²) in [4.78, 5) is 0. The predicted molar refractivity (Wildman–Crippen MR) is 282 cm³/mol. The van der Waals surface area contributed by atoms with E-state index in [-0.39, 0.29) is 0 Å². The Morgan fingerprint density at radius 1 is 0.348 bits per heavy atom. The molecule has 2 nitrogen and oxygen atoms in total. The molecule has 0 aliphatic heterocycles. The number of hydrogen-bond donors (Lipinski definition) is 0. The van der Waals surface area contributed by atoms with Gasteiger partial charge >= 0.3 is 0 Å². The predicted octanol–water partition coefficient (Wildman–Crippen LogP) is 17.5. The minimum absolute atomic E-state index is 0.312. The van der Waals surface area contributed by atoms with E-state index in [1.54, 1.807) is 0 Å². The first kappa shape index (κ1) is 38.3. The summed E-state index contributed by atoms with van der Waals surface area (Å²) in [5.74, 6) is 0. The van der Waals surface area contributed by atoms with E-state index in [0.29, 0.717) is 6.04 Å². The number of fused-ring (bicyclic) bond motifs is 8. The Balaban J connectivity index is 0.902. The van der Waals surface area contributed by atoms with Crippen molar-refractivity contribution in [1.82, 2.24) is 9.13 Å². The highest BCUT2D eigenvalue weighted by atomic mass is 15.0. The molecule has 1 aliphatic carbocycles. The fraction of sp³-hybridized carbons (Fsp3) is 0.0625. The fourth-order valence-electron chi connectivity index (χ4n) is 11.0. The van der Waals surface area contributed by atoms with Gasteiger partial charge in [-0.05, 0) is 135 Å². The SMILES string of the molecule is Cc1ccc2c(-c3ccc(-c4ccc5c(c4)c4ccccc4n5C4C=CC=CC4)cc3)c3cc(C)ccc3c(-c3ccc(-c4ccc5c(c4)c4ccccc4n5-c4ccccc4)cc3)c2c1. The van der Waals surface area contributed by atoms with Crippen molar-refractivity contribution in [2.75, 3.05) is 0 Å². The largest absolute Gasteiger partial charge is 0.333 e. The van der Waals surface area contributed by atoms with Gasteiger partial charge in [-0.2, -0.15) is 0 Å². The molecule has 0 fully saturated rings. The molecule has 12 aromatic rings. The van der Waals surface area contributed by atoms with Gasteiger partial charge in [-0.3, -0.25) is 0 Å². The second-order valence-corrected chi connectivity index (χ2v) is 18.2.